The van der Waals surface area contributed by atoms with Crippen molar-refractivity contribution in [1.82, 2.24) is 15.3 Å². The predicted molar refractivity (Wildman–Crippen MR) is 79.9 cm³/mol. The monoisotopic (exact) mass is 271 g/mol. The highest BCUT2D eigenvalue weighted by atomic mass is 16.5. The maximum atomic E-state index is 5.62. The van der Waals surface area contributed by atoms with Gasteiger partial charge in [0.25, 0.3) is 0 Å². The van der Waals surface area contributed by atoms with Gasteiger partial charge in [0.15, 0.2) is 0 Å². The highest BCUT2D eigenvalue weighted by molar-refractivity contribution is 5.29. The van der Waals surface area contributed by atoms with Crippen molar-refractivity contribution < 1.29 is 4.74 Å². The van der Waals surface area contributed by atoms with E-state index in [1.165, 1.54) is 0 Å². The van der Waals surface area contributed by atoms with E-state index in [2.05, 4.69) is 36.1 Å². The Hall–Kier alpha value is -1.94. The summed E-state index contributed by atoms with van der Waals surface area (Å²) in [4.78, 5) is 8.46. The van der Waals surface area contributed by atoms with Gasteiger partial charge >= 0.3 is 6.01 Å². The topological polar surface area (TPSA) is 47.0 Å². The number of ether oxygens (including phenoxy) is 1. The van der Waals surface area contributed by atoms with Crippen LogP contribution in [0.3, 0.4) is 0 Å². The third kappa shape index (κ3) is 4.63. The minimum atomic E-state index is 0.0801. The van der Waals surface area contributed by atoms with Crippen LogP contribution in [0.25, 0.3) is 0 Å². The predicted octanol–water partition coefficient (Wildman–Crippen LogP) is 3.47. The molecule has 1 heterocycles. The Morgan fingerprint density at radius 1 is 1.15 bits per heavy atom. The highest BCUT2D eigenvalue weighted by Gasteiger charge is 2.09. The molecule has 1 aromatic carbocycles. The third-order valence-corrected chi connectivity index (χ3v) is 2.70. The number of nitrogens with zero attached hydrogens (tertiary/aromatic N) is 2. The van der Waals surface area contributed by atoms with Gasteiger partial charge in [0.1, 0.15) is 5.75 Å². The van der Waals surface area contributed by atoms with Crippen LogP contribution in [-0.4, -0.2) is 15.5 Å². The van der Waals surface area contributed by atoms with Gasteiger partial charge in [-0.3, -0.25) is 0 Å². The Morgan fingerprint density at radius 3 is 2.45 bits per heavy atom. The largest absolute Gasteiger partial charge is 0.424 e. The summed E-state index contributed by atoms with van der Waals surface area (Å²) in [5.41, 5.74) is 2.27. The first-order chi connectivity index (χ1) is 9.42. The molecule has 0 aliphatic carbocycles. The maximum absolute atomic E-state index is 5.62. The summed E-state index contributed by atoms with van der Waals surface area (Å²) in [5, 5.41) is 3.39. The quantitative estimate of drug-likeness (QED) is 0.925. The van der Waals surface area contributed by atoms with E-state index in [0.29, 0.717) is 6.01 Å². The summed E-state index contributed by atoms with van der Waals surface area (Å²) in [6, 6.07) is 8.20. The van der Waals surface area contributed by atoms with Crippen LogP contribution in [0.15, 0.2) is 36.7 Å². The molecule has 2 rings (SSSR count). The lowest BCUT2D eigenvalue weighted by atomic mass is 10.1. The van der Waals surface area contributed by atoms with Crippen LogP contribution < -0.4 is 10.1 Å². The van der Waals surface area contributed by atoms with E-state index in [1.807, 2.05) is 31.2 Å². The molecule has 0 spiro atoms. The fourth-order valence-electron chi connectivity index (χ4n) is 1.64. The molecule has 0 saturated carbocycles. The zero-order valence-electron chi connectivity index (χ0n) is 12.5. The second-order valence-electron chi connectivity index (χ2n) is 5.90. The molecule has 0 aliphatic rings. The van der Waals surface area contributed by atoms with E-state index < -0.39 is 0 Å². The lowest BCUT2D eigenvalue weighted by Gasteiger charge is -2.20. The molecule has 2 aromatic rings. The van der Waals surface area contributed by atoms with Crippen molar-refractivity contribution >= 4 is 0 Å². The van der Waals surface area contributed by atoms with Crippen LogP contribution in [0.2, 0.25) is 0 Å². The Labute approximate surface area is 120 Å². The molecule has 0 bridgehead atoms. The average Bonchev–Trinajstić information content (AvgIpc) is 2.37. The number of hydrogen-bond donors (Lipinski definition) is 1. The summed E-state index contributed by atoms with van der Waals surface area (Å²) in [5.74, 6) is 0.755. The van der Waals surface area contributed by atoms with Gasteiger partial charge in [-0.25, -0.2) is 9.97 Å². The lowest BCUT2D eigenvalue weighted by Crippen LogP contribution is -2.35. The average molecular weight is 271 g/mol. The summed E-state index contributed by atoms with van der Waals surface area (Å²) in [6.07, 6.45) is 3.58. The Morgan fingerprint density at radius 2 is 1.85 bits per heavy atom. The fraction of sp³-hybridized carbons (Fsp3) is 0.375. The van der Waals surface area contributed by atoms with Gasteiger partial charge in [-0.2, -0.15) is 0 Å². The first kappa shape index (κ1) is 14.5. The van der Waals surface area contributed by atoms with E-state index in [4.69, 9.17) is 4.74 Å². The van der Waals surface area contributed by atoms with E-state index in [0.717, 1.165) is 23.4 Å². The minimum Gasteiger partial charge on any atom is -0.424 e. The van der Waals surface area contributed by atoms with Crippen molar-refractivity contribution in [3.8, 4) is 11.8 Å². The standard InChI is InChI=1S/C16H21N3O/c1-12-6-5-7-14(8-12)20-15-17-9-13(10-18-15)11-19-16(2,3)4/h5-10,19H,11H2,1-4H3. The molecule has 0 radical (unpaired) electrons. The molecule has 0 fully saturated rings. The van der Waals surface area contributed by atoms with Crippen molar-refractivity contribution in [2.45, 2.75) is 39.8 Å². The van der Waals surface area contributed by atoms with Crippen molar-refractivity contribution in [3.05, 3.63) is 47.8 Å². The number of rotatable bonds is 4. The molecular formula is C16H21N3O. The van der Waals surface area contributed by atoms with Gasteiger partial charge in [-0.15, -0.1) is 0 Å². The van der Waals surface area contributed by atoms with Crippen LogP contribution in [-0.2, 0) is 6.54 Å². The molecule has 106 valence electrons. The molecule has 20 heavy (non-hydrogen) atoms. The number of hydrogen-bond acceptors (Lipinski definition) is 4. The number of benzene rings is 1. The molecule has 0 unspecified atom stereocenters. The van der Waals surface area contributed by atoms with Gasteiger partial charge in [0, 0.05) is 30.0 Å². The van der Waals surface area contributed by atoms with Crippen LogP contribution in [0, 0.1) is 6.92 Å². The summed E-state index contributed by atoms with van der Waals surface area (Å²) in [6.45, 7) is 9.15. The first-order valence-corrected chi connectivity index (χ1v) is 6.73. The van der Waals surface area contributed by atoms with Crippen LogP contribution in [0.1, 0.15) is 31.9 Å². The SMILES string of the molecule is Cc1cccc(Oc2ncc(CNC(C)(C)C)cn2)c1. The summed E-state index contributed by atoms with van der Waals surface area (Å²) in [7, 11) is 0. The molecule has 0 saturated heterocycles. The minimum absolute atomic E-state index is 0.0801. The molecule has 0 amide bonds. The molecule has 4 heteroatoms. The Bertz CT molecular complexity index is 559. The first-order valence-electron chi connectivity index (χ1n) is 6.73. The second-order valence-corrected chi connectivity index (χ2v) is 5.90. The smallest absolute Gasteiger partial charge is 0.321 e. The lowest BCUT2D eigenvalue weighted by molar-refractivity contribution is 0.420. The molecule has 1 N–H and O–H groups in total. The van der Waals surface area contributed by atoms with Gasteiger partial charge in [-0.05, 0) is 45.4 Å². The van der Waals surface area contributed by atoms with E-state index in [-0.39, 0.29) is 5.54 Å². The van der Waals surface area contributed by atoms with Crippen LogP contribution >= 0.6 is 0 Å². The van der Waals surface area contributed by atoms with Crippen molar-refractivity contribution in [2.24, 2.45) is 0 Å². The molecule has 1 aromatic heterocycles. The van der Waals surface area contributed by atoms with Gasteiger partial charge in [0.05, 0.1) is 0 Å². The summed E-state index contributed by atoms with van der Waals surface area (Å²) >= 11 is 0. The number of nitrogens with one attached hydrogen (secondary N) is 1. The van der Waals surface area contributed by atoms with Crippen molar-refractivity contribution in [1.29, 1.82) is 0 Å². The molecule has 0 aliphatic heterocycles. The van der Waals surface area contributed by atoms with Gasteiger partial charge in [0.2, 0.25) is 0 Å². The Balaban J connectivity index is 1.98. The van der Waals surface area contributed by atoms with E-state index >= 15 is 0 Å². The van der Waals surface area contributed by atoms with E-state index in [1.54, 1.807) is 12.4 Å². The zero-order chi connectivity index (χ0) is 14.6. The van der Waals surface area contributed by atoms with E-state index in [9.17, 15) is 0 Å². The van der Waals surface area contributed by atoms with Crippen LogP contribution in [0.5, 0.6) is 11.8 Å². The van der Waals surface area contributed by atoms with Crippen LogP contribution in [0.4, 0.5) is 0 Å². The number of aryl methyl sites for hydroxylation is 1. The zero-order valence-corrected chi connectivity index (χ0v) is 12.5. The molecule has 0 atom stereocenters. The fourth-order valence-corrected chi connectivity index (χ4v) is 1.64. The highest BCUT2D eigenvalue weighted by Crippen LogP contribution is 2.18. The van der Waals surface area contributed by atoms with Crippen molar-refractivity contribution in [2.75, 3.05) is 0 Å². The summed E-state index contributed by atoms with van der Waals surface area (Å²) < 4.78 is 5.62. The normalized spacial score (nSPS) is 11.4. The number of aromatic nitrogens is 2. The maximum Gasteiger partial charge on any atom is 0.321 e. The molecule has 4 nitrogen and oxygen atoms in total. The van der Waals surface area contributed by atoms with Crippen molar-refractivity contribution in [3.63, 3.8) is 0 Å². The van der Waals surface area contributed by atoms with Gasteiger partial charge < -0.3 is 10.1 Å². The van der Waals surface area contributed by atoms with Gasteiger partial charge in [-0.1, -0.05) is 12.1 Å². The Kier molecular flexibility index (Phi) is 4.35. The third-order valence-electron chi connectivity index (χ3n) is 2.70. The molecular weight excluding hydrogens is 250 g/mol. The second kappa shape index (κ2) is 6.01.